The van der Waals surface area contributed by atoms with Gasteiger partial charge in [-0.05, 0) is 38.9 Å². The molecule has 1 rings (SSSR count). The van der Waals surface area contributed by atoms with E-state index in [0.29, 0.717) is 6.04 Å². The second-order valence-corrected chi connectivity index (χ2v) is 3.96. The predicted molar refractivity (Wildman–Crippen MR) is 66.7 cm³/mol. The van der Waals surface area contributed by atoms with Gasteiger partial charge < -0.3 is 10.6 Å². The van der Waals surface area contributed by atoms with Gasteiger partial charge in [0.05, 0.1) is 0 Å². The molecule has 0 spiro atoms. The molecular weight excluding hydrogens is 184 g/mol. The monoisotopic (exact) mass is 206 g/mol. The van der Waals surface area contributed by atoms with Crippen molar-refractivity contribution in [2.45, 2.75) is 31.7 Å². The lowest BCUT2D eigenvalue weighted by atomic mass is 9.98. The van der Waals surface area contributed by atoms with E-state index in [0.717, 1.165) is 6.54 Å². The van der Waals surface area contributed by atoms with Crippen LogP contribution in [0.5, 0.6) is 0 Å². The zero-order valence-corrected chi connectivity index (χ0v) is 9.63. The summed E-state index contributed by atoms with van der Waals surface area (Å²) in [6.07, 6.45) is 13.3. The van der Waals surface area contributed by atoms with Gasteiger partial charge in [0.1, 0.15) is 0 Å². The van der Waals surface area contributed by atoms with E-state index in [1.54, 1.807) is 11.8 Å². The van der Waals surface area contributed by atoms with Gasteiger partial charge in [-0.2, -0.15) is 0 Å². The number of nitrogens with one attached hydrogen (secondary N) is 2. The van der Waals surface area contributed by atoms with Crippen molar-refractivity contribution in [3.8, 4) is 0 Å². The fraction of sp³-hybridized carbons (Fsp3) is 0.538. The average molecular weight is 206 g/mol. The molecule has 0 aromatic rings. The summed E-state index contributed by atoms with van der Waals surface area (Å²) < 4.78 is 0. The molecule has 1 aliphatic rings. The van der Waals surface area contributed by atoms with Crippen LogP contribution in [0.3, 0.4) is 0 Å². The average Bonchev–Trinajstić information content (AvgIpc) is 2.28. The first kappa shape index (κ1) is 12.1. The Morgan fingerprint density at radius 2 is 2.47 bits per heavy atom. The Bertz CT molecular complexity index is 241. The minimum absolute atomic E-state index is 0.499. The number of hydrogen-bond acceptors (Lipinski definition) is 2. The number of hydrogen-bond donors (Lipinski definition) is 2. The van der Waals surface area contributed by atoms with E-state index in [9.17, 15) is 0 Å². The van der Waals surface area contributed by atoms with E-state index >= 15 is 0 Å². The molecule has 0 amide bonds. The quantitative estimate of drug-likeness (QED) is 0.668. The number of rotatable bonds is 7. The van der Waals surface area contributed by atoms with Crippen LogP contribution in [-0.2, 0) is 0 Å². The summed E-state index contributed by atoms with van der Waals surface area (Å²) in [5, 5.41) is 6.48. The largest absolute Gasteiger partial charge is 0.387 e. The SMILES string of the molecule is C=CN[C@@H](CCC1=CC=CCC1)CNC. The van der Waals surface area contributed by atoms with Crippen LogP contribution in [0.1, 0.15) is 25.7 Å². The Labute approximate surface area is 93.1 Å². The molecule has 0 saturated carbocycles. The lowest BCUT2D eigenvalue weighted by molar-refractivity contribution is 0.512. The maximum absolute atomic E-state index is 3.71. The molecule has 0 aromatic heterocycles. The van der Waals surface area contributed by atoms with Crippen LogP contribution in [0.4, 0.5) is 0 Å². The Morgan fingerprint density at radius 3 is 3.07 bits per heavy atom. The standard InChI is InChI=1S/C13H22N2/c1-3-15-13(11-14-2)10-9-12-7-5-4-6-8-12/h3-5,7,13-15H,1,6,8-11H2,2H3/t13-/m0/s1. The van der Waals surface area contributed by atoms with Crippen molar-refractivity contribution in [2.75, 3.05) is 13.6 Å². The van der Waals surface area contributed by atoms with Gasteiger partial charge in [0.2, 0.25) is 0 Å². The van der Waals surface area contributed by atoms with Crippen LogP contribution in [-0.4, -0.2) is 19.6 Å². The Kier molecular flexibility index (Phi) is 5.86. The molecule has 2 N–H and O–H groups in total. The molecule has 0 aliphatic heterocycles. The van der Waals surface area contributed by atoms with Gasteiger partial charge >= 0.3 is 0 Å². The fourth-order valence-corrected chi connectivity index (χ4v) is 1.88. The smallest absolute Gasteiger partial charge is 0.0383 e. The molecule has 0 heterocycles. The summed E-state index contributed by atoms with van der Waals surface area (Å²) in [6, 6.07) is 0.499. The van der Waals surface area contributed by atoms with E-state index in [1.807, 2.05) is 7.05 Å². The second-order valence-electron chi connectivity index (χ2n) is 3.96. The van der Waals surface area contributed by atoms with Gasteiger partial charge in [0, 0.05) is 12.6 Å². The van der Waals surface area contributed by atoms with Crippen LogP contribution in [0.25, 0.3) is 0 Å². The normalized spacial score (nSPS) is 17.0. The highest BCUT2D eigenvalue weighted by molar-refractivity contribution is 5.17. The predicted octanol–water partition coefficient (Wildman–Crippen LogP) is 2.36. The Morgan fingerprint density at radius 1 is 1.60 bits per heavy atom. The summed E-state index contributed by atoms with van der Waals surface area (Å²) in [6.45, 7) is 4.71. The molecule has 0 fully saturated rings. The highest BCUT2D eigenvalue weighted by Crippen LogP contribution is 2.17. The van der Waals surface area contributed by atoms with Crippen molar-refractivity contribution in [3.05, 3.63) is 36.6 Å². The van der Waals surface area contributed by atoms with E-state index < -0.39 is 0 Å². The summed E-state index contributed by atoms with van der Waals surface area (Å²) in [7, 11) is 1.99. The van der Waals surface area contributed by atoms with Crippen LogP contribution in [0, 0.1) is 0 Å². The van der Waals surface area contributed by atoms with Crippen molar-refractivity contribution >= 4 is 0 Å². The highest BCUT2D eigenvalue weighted by Gasteiger charge is 2.07. The molecule has 0 radical (unpaired) electrons. The molecule has 1 atom stereocenters. The van der Waals surface area contributed by atoms with E-state index in [4.69, 9.17) is 0 Å². The Hall–Kier alpha value is -1.02. The molecule has 2 nitrogen and oxygen atoms in total. The molecule has 0 unspecified atom stereocenters. The molecular formula is C13H22N2. The van der Waals surface area contributed by atoms with Gasteiger partial charge in [-0.25, -0.2) is 0 Å². The van der Waals surface area contributed by atoms with E-state index in [1.165, 1.54) is 25.7 Å². The van der Waals surface area contributed by atoms with Crippen LogP contribution in [0.15, 0.2) is 36.6 Å². The summed E-state index contributed by atoms with van der Waals surface area (Å²) in [5.41, 5.74) is 1.57. The third kappa shape index (κ3) is 4.84. The fourth-order valence-electron chi connectivity index (χ4n) is 1.88. The van der Waals surface area contributed by atoms with E-state index in [2.05, 4.69) is 35.4 Å². The van der Waals surface area contributed by atoms with Crippen molar-refractivity contribution < 1.29 is 0 Å². The van der Waals surface area contributed by atoms with Gasteiger partial charge in [-0.15, -0.1) is 0 Å². The zero-order valence-electron chi connectivity index (χ0n) is 9.63. The van der Waals surface area contributed by atoms with Crippen molar-refractivity contribution in [3.63, 3.8) is 0 Å². The minimum Gasteiger partial charge on any atom is -0.387 e. The van der Waals surface area contributed by atoms with Gasteiger partial charge in [-0.3, -0.25) is 0 Å². The first-order valence-electron chi connectivity index (χ1n) is 5.73. The number of likely N-dealkylation sites (N-methyl/N-ethyl adjacent to an activating group) is 1. The van der Waals surface area contributed by atoms with Crippen molar-refractivity contribution in [1.82, 2.24) is 10.6 Å². The molecule has 84 valence electrons. The minimum atomic E-state index is 0.499. The van der Waals surface area contributed by atoms with Crippen LogP contribution >= 0.6 is 0 Å². The van der Waals surface area contributed by atoms with Crippen LogP contribution in [0.2, 0.25) is 0 Å². The molecule has 0 bridgehead atoms. The summed E-state index contributed by atoms with van der Waals surface area (Å²) in [4.78, 5) is 0. The maximum atomic E-state index is 3.71. The maximum Gasteiger partial charge on any atom is 0.0383 e. The van der Waals surface area contributed by atoms with Crippen LogP contribution < -0.4 is 10.6 Å². The van der Waals surface area contributed by atoms with Gasteiger partial charge in [0.25, 0.3) is 0 Å². The van der Waals surface area contributed by atoms with Gasteiger partial charge in [0.15, 0.2) is 0 Å². The van der Waals surface area contributed by atoms with Crippen molar-refractivity contribution in [1.29, 1.82) is 0 Å². The summed E-state index contributed by atoms with van der Waals surface area (Å²) >= 11 is 0. The number of allylic oxidation sites excluding steroid dienone is 4. The molecule has 1 aliphatic carbocycles. The van der Waals surface area contributed by atoms with Gasteiger partial charge in [-0.1, -0.05) is 30.4 Å². The lowest BCUT2D eigenvalue weighted by Gasteiger charge is -2.18. The summed E-state index contributed by atoms with van der Waals surface area (Å²) in [5.74, 6) is 0. The molecule has 0 aromatic carbocycles. The topological polar surface area (TPSA) is 24.1 Å². The third-order valence-corrected chi connectivity index (χ3v) is 2.72. The second kappa shape index (κ2) is 7.30. The lowest BCUT2D eigenvalue weighted by Crippen LogP contribution is -2.34. The van der Waals surface area contributed by atoms with E-state index in [-0.39, 0.29) is 0 Å². The first-order chi connectivity index (χ1) is 7.36. The highest BCUT2D eigenvalue weighted by atomic mass is 14.9. The molecule has 15 heavy (non-hydrogen) atoms. The Balaban J connectivity index is 2.28. The first-order valence-corrected chi connectivity index (χ1v) is 5.73. The molecule has 0 saturated heterocycles. The molecule has 2 heteroatoms. The van der Waals surface area contributed by atoms with Crippen molar-refractivity contribution in [2.24, 2.45) is 0 Å². The third-order valence-electron chi connectivity index (χ3n) is 2.72. The zero-order chi connectivity index (χ0) is 10.9.